The molecule has 0 aromatic rings. The number of fused-ring (bicyclic) bond motifs is 1. The largest absolute Gasteiger partial charge is 0.461 e. The normalized spacial score (nSPS) is 25.8. The van der Waals surface area contributed by atoms with E-state index in [1.165, 1.54) is 122 Å². The molecule has 2 aliphatic rings. The van der Waals surface area contributed by atoms with Crippen LogP contribution in [0.15, 0.2) is 23.3 Å². The van der Waals surface area contributed by atoms with E-state index in [2.05, 4.69) is 40.7 Å². The highest BCUT2D eigenvalue weighted by Crippen LogP contribution is 2.61. The Morgan fingerprint density at radius 3 is 1.93 bits per heavy atom. The second-order valence-electron chi connectivity index (χ2n) is 15.0. The third-order valence-corrected chi connectivity index (χ3v) is 11.9. The van der Waals surface area contributed by atoms with Gasteiger partial charge in [0.2, 0.25) is 0 Å². The van der Waals surface area contributed by atoms with Crippen molar-refractivity contribution in [3.8, 4) is 0 Å². The average molecular weight is 601 g/mol. The van der Waals surface area contributed by atoms with Crippen molar-refractivity contribution in [2.24, 2.45) is 22.7 Å². The van der Waals surface area contributed by atoms with E-state index in [0.29, 0.717) is 30.3 Å². The maximum absolute atomic E-state index is 12.3. The molecular formula is C40H72O3. The SMILES string of the molecule is CCCCCCCCCCCCCCCCCCCC(=O)OC/C=C(/CO)CC[C@@]1(C)[C@H](C)CC[C@@]2(C)C(C)=CCC[C@H]12. The summed E-state index contributed by atoms with van der Waals surface area (Å²) in [6, 6.07) is 0. The maximum atomic E-state index is 12.3. The Kier molecular flexibility index (Phi) is 19.1. The van der Waals surface area contributed by atoms with Crippen LogP contribution in [0.25, 0.3) is 0 Å². The molecule has 1 N–H and O–H groups in total. The molecule has 0 aromatic carbocycles. The first-order chi connectivity index (χ1) is 20.8. The minimum absolute atomic E-state index is 0.0576. The van der Waals surface area contributed by atoms with E-state index >= 15 is 0 Å². The van der Waals surface area contributed by atoms with E-state index in [9.17, 15) is 9.90 Å². The summed E-state index contributed by atoms with van der Waals surface area (Å²) in [6.45, 7) is 12.4. The van der Waals surface area contributed by atoms with Gasteiger partial charge in [0.25, 0.3) is 0 Å². The lowest BCUT2D eigenvalue weighted by Gasteiger charge is -2.58. The number of unbranched alkanes of at least 4 members (excludes halogenated alkanes) is 16. The molecule has 4 atom stereocenters. The Balaban J connectivity index is 1.50. The van der Waals surface area contributed by atoms with Crippen molar-refractivity contribution in [2.75, 3.05) is 13.2 Å². The zero-order chi connectivity index (χ0) is 31.4. The fraction of sp³-hybridized carbons (Fsp3) is 0.875. The monoisotopic (exact) mass is 601 g/mol. The summed E-state index contributed by atoms with van der Waals surface area (Å²) in [5.74, 6) is 1.30. The quantitative estimate of drug-likeness (QED) is 0.0681. The third kappa shape index (κ3) is 13.4. The van der Waals surface area contributed by atoms with Crippen LogP contribution in [-0.4, -0.2) is 24.3 Å². The zero-order valence-corrected chi connectivity index (χ0v) is 29.5. The first kappa shape index (κ1) is 38.1. The number of ether oxygens (including phenoxy) is 1. The van der Waals surface area contributed by atoms with Crippen molar-refractivity contribution in [1.82, 2.24) is 0 Å². The molecule has 0 heterocycles. The van der Waals surface area contributed by atoms with Gasteiger partial charge in [-0.25, -0.2) is 0 Å². The molecule has 43 heavy (non-hydrogen) atoms. The number of carbonyl (C=O) groups is 1. The molecule has 1 saturated carbocycles. The molecule has 2 aliphatic carbocycles. The van der Waals surface area contributed by atoms with Crippen molar-refractivity contribution in [3.05, 3.63) is 23.3 Å². The van der Waals surface area contributed by atoms with Gasteiger partial charge in [0.05, 0.1) is 6.61 Å². The van der Waals surface area contributed by atoms with Crippen LogP contribution < -0.4 is 0 Å². The van der Waals surface area contributed by atoms with Gasteiger partial charge in [-0.05, 0) is 86.2 Å². The van der Waals surface area contributed by atoms with Crippen molar-refractivity contribution in [3.63, 3.8) is 0 Å². The molecule has 2 rings (SSSR count). The molecule has 0 saturated heterocycles. The van der Waals surface area contributed by atoms with Gasteiger partial charge in [-0.3, -0.25) is 4.79 Å². The van der Waals surface area contributed by atoms with E-state index in [0.717, 1.165) is 31.3 Å². The van der Waals surface area contributed by atoms with E-state index in [1.807, 2.05) is 6.08 Å². The number of rotatable bonds is 24. The second-order valence-corrected chi connectivity index (χ2v) is 15.0. The van der Waals surface area contributed by atoms with Crippen LogP contribution in [0.2, 0.25) is 0 Å². The van der Waals surface area contributed by atoms with Crippen molar-refractivity contribution >= 4 is 5.97 Å². The number of hydrogen-bond donors (Lipinski definition) is 1. The van der Waals surface area contributed by atoms with Gasteiger partial charge in [-0.15, -0.1) is 0 Å². The summed E-state index contributed by atoms with van der Waals surface area (Å²) in [4.78, 5) is 12.3. The van der Waals surface area contributed by atoms with Crippen LogP contribution in [0.1, 0.15) is 189 Å². The predicted molar refractivity (Wildman–Crippen MR) is 185 cm³/mol. The summed E-state index contributed by atoms with van der Waals surface area (Å²) in [7, 11) is 0. The lowest BCUT2D eigenvalue weighted by molar-refractivity contribution is -0.142. The lowest BCUT2D eigenvalue weighted by atomic mass is 9.47. The first-order valence-corrected chi connectivity index (χ1v) is 18.9. The third-order valence-electron chi connectivity index (χ3n) is 11.9. The Hall–Kier alpha value is -1.09. The minimum Gasteiger partial charge on any atom is -0.461 e. The first-order valence-electron chi connectivity index (χ1n) is 18.9. The lowest BCUT2D eigenvalue weighted by Crippen LogP contribution is -2.49. The fourth-order valence-electron chi connectivity index (χ4n) is 8.33. The molecule has 1 fully saturated rings. The van der Waals surface area contributed by atoms with Gasteiger partial charge < -0.3 is 9.84 Å². The average Bonchev–Trinajstić information content (AvgIpc) is 2.99. The molecule has 0 bridgehead atoms. The summed E-state index contributed by atoms with van der Waals surface area (Å²) in [5.41, 5.74) is 3.21. The molecule has 0 amide bonds. The van der Waals surface area contributed by atoms with Gasteiger partial charge in [0, 0.05) is 6.42 Å². The van der Waals surface area contributed by atoms with Gasteiger partial charge in [0.1, 0.15) is 6.61 Å². The Labute approximate surface area is 268 Å². The Bertz CT molecular complexity index is 813. The fourth-order valence-corrected chi connectivity index (χ4v) is 8.33. The van der Waals surface area contributed by atoms with Gasteiger partial charge in [-0.1, -0.05) is 142 Å². The van der Waals surface area contributed by atoms with Gasteiger partial charge >= 0.3 is 5.97 Å². The smallest absolute Gasteiger partial charge is 0.306 e. The number of aliphatic hydroxyl groups excluding tert-OH is 1. The van der Waals surface area contributed by atoms with Crippen LogP contribution in [0.3, 0.4) is 0 Å². The zero-order valence-electron chi connectivity index (χ0n) is 29.5. The summed E-state index contributed by atoms with van der Waals surface area (Å²) in [6.07, 6.45) is 34.9. The molecule has 250 valence electrons. The highest BCUT2D eigenvalue weighted by molar-refractivity contribution is 5.69. The summed E-state index contributed by atoms with van der Waals surface area (Å²) in [5, 5.41) is 10.0. The molecule has 0 aliphatic heterocycles. The molecule has 0 aromatic heterocycles. The van der Waals surface area contributed by atoms with Crippen molar-refractivity contribution in [1.29, 1.82) is 0 Å². The number of aliphatic hydroxyl groups is 1. The predicted octanol–water partition coefficient (Wildman–Crippen LogP) is 12.1. The van der Waals surface area contributed by atoms with Crippen LogP contribution >= 0.6 is 0 Å². The number of esters is 1. The van der Waals surface area contributed by atoms with E-state index < -0.39 is 0 Å². The second kappa shape index (κ2) is 21.6. The Morgan fingerprint density at radius 2 is 1.40 bits per heavy atom. The van der Waals surface area contributed by atoms with Crippen molar-refractivity contribution in [2.45, 2.75) is 189 Å². The molecule has 0 spiro atoms. The molecular weight excluding hydrogens is 528 g/mol. The highest BCUT2D eigenvalue weighted by atomic mass is 16.5. The van der Waals surface area contributed by atoms with Crippen molar-refractivity contribution < 1.29 is 14.6 Å². The number of allylic oxidation sites excluding steroid dienone is 2. The van der Waals surface area contributed by atoms with E-state index in [4.69, 9.17) is 4.74 Å². The molecule has 0 unspecified atom stereocenters. The van der Waals surface area contributed by atoms with Crippen LogP contribution in [-0.2, 0) is 9.53 Å². The number of carbonyl (C=O) groups excluding carboxylic acids is 1. The molecule has 0 radical (unpaired) electrons. The summed E-state index contributed by atoms with van der Waals surface area (Å²) >= 11 is 0. The standard InChI is InChI=1S/C40H72O3/c1-6-7-8-9-10-11-12-13-14-15-16-17-18-19-20-21-22-26-38(42)43-32-29-36(33-41)28-31-40(5)35(3)27-30-39(4)34(2)24-23-25-37(39)40/h24,29,35,37,41H,6-23,25-28,30-33H2,1-5H3/b36-29+/t35-,37+,39+,40+/m1/s1. The van der Waals surface area contributed by atoms with E-state index in [-0.39, 0.29) is 18.0 Å². The van der Waals surface area contributed by atoms with Crippen LogP contribution in [0.4, 0.5) is 0 Å². The highest BCUT2D eigenvalue weighted by Gasteiger charge is 2.52. The molecule has 3 heteroatoms. The molecule has 3 nitrogen and oxygen atoms in total. The van der Waals surface area contributed by atoms with Crippen LogP contribution in [0, 0.1) is 22.7 Å². The summed E-state index contributed by atoms with van der Waals surface area (Å²) < 4.78 is 5.52. The topological polar surface area (TPSA) is 46.5 Å². The van der Waals surface area contributed by atoms with Crippen LogP contribution in [0.5, 0.6) is 0 Å². The van der Waals surface area contributed by atoms with Gasteiger partial charge in [0.15, 0.2) is 0 Å². The maximum Gasteiger partial charge on any atom is 0.306 e. The Morgan fingerprint density at radius 1 is 0.860 bits per heavy atom. The minimum atomic E-state index is -0.0948. The van der Waals surface area contributed by atoms with Gasteiger partial charge in [-0.2, -0.15) is 0 Å². The number of hydrogen-bond acceptors (Lipinski definition) is 3. The van der Waals surface area contributed by atoms with E-state index in [1.54, 1.807) is 5.57 Å².